The van der Waals surface area contributed by atoms with E-state index in [2.05, 4.69) is 15.2 Å². The largest absolute Gasteiger partial charge is 0.444 e. The first kappa shape index (κ1) is 29.0. The summed E-state index contributed by atoms with van der Waals surface area (Å²) in [5.74, 6) is -4.26. The predicted molar refractivity (Wildman–Crippen MR) is 115 cm³/mol. The van der Waals surface area contributed by atoms with Gasteiger partial charge in [0, 0.05) is 25.7 Å². The molecule has 1 atom stereocenters. The lowest BCUT2D eigenvalue weighted by atomic mass is 9.93. The molecule has 2 N–H and O–H groups in total. The fourth-order valence-corrected chi connectivity index (χ4v) is 3.48. The van der Waals surface area contributed by atoms with Crippen molar-refractivity contribution in [2.24, 2.45) is 0 Å². The van der Waals surface area contributed by atoms with E-state index in [1.165, 1.54) is 20.8 Å². The molecule has 0 radical (unpaired) electrons. The molecular weight excluding hydrogens is 530 g/mol. The van der Waals surface area contributed by atoms with Crippen molar-refractivity contribution < 1.29 is 55.0 Å². The van der Waals surface area contributed by atoms with Crippen LogP contribution < -0.4 is 5.32 Å². The maximum absolute atomic E-state index is 13.9. The van der Waals surface area contributed by atoms with Crippen molar-refractivity contribution in [3.63, 3.8) is 0 Å². The van der Waals surface area contributed by atoms with Crippen LogP contribution in [0.2, 0.25) is 0 Å². The van der Waals surface area contributed by atoms with E-state index in [4.69, 9.17) is 9.15 Å². The van der Waals surface area contributed by atoms with E-state index < -0.39 is 101 Å². The van der Waals surface area contributed by atoms with Gasteiger partial charge in [0.25, 0.3) is 11.8 Å². The highest BCUT2D eigenvalue weighted by atomic mass is 19.4. The molecule has 2 aromatic rings. The lowest BCUT2D eigenvalue weighted by molar-refractivity contribution is -0.276. The number of Topliss-reactive ketones (excluding diaryl/α,β-unsaturated/α-hetero) is 2. The zero-order valence-corrected chi connectivity index (χ0v) is 20.2. The number of hydrogen-bond acceptors (Lipinski definition) is 9. The number of pyridine rings is 1. The summed E-state index contributed by atoms with van der Waals surface area (Å²) in [6.07, 6.45) is -15.1. The van der Waals surface area contributed by atoms with Crippen molar-refractivity contribution >= 4 is 23.3 Å². The second-order valence-electron chi connectivity index (χ2n) is 9.49. The molecule has 1 aliphatic heterocycles. The van der Waals surface area contributed by atoms with E-state index in [-0.39, 0.29) is 6.42 Å². The maximum atomic E-state index is 13.9. The van der Waals surface area contributed by atoms with Gasteiger partial charge >= 0.3 is 18.4 Å². The lowest BCUT2D eigenvalue weighted by Crippen LogP contribution is -2.43. The Morgan fingerprint density at radius 3 is 2.29 bits per heavy atom. The van der Waals surface area contributed by atoms with E-state index in [1.54, 1.807) is 0 Å². The number of halogens is 6. The Kier molecular flexibility index (Phi) is 7.60. The quantitative estimate of drug-likeness (QED) is 0.469. The summed E-state index contributed by atoms with van der Waals surface area (Å²) in [4.78, 5) is 40.7. The molecule has 16 heteroatoms. The van der Waals surface area contributed by atoms with Gasteiger partial charge < -0.3 is 14.3 Å². The molecular formula is C22H22F6N4O6. The molecule has 38 heavy (non-hydrogen) atoms. The van der Waals surface area contributed by atoms with E-state index in [0.29, 0.717) is 6.07 Å². The summed E-state index contributed by atoms with van der Waals surface area (Å²) in [5.41, 5.74) is -9.12. The van der Waals surface area contributed by atoms with Crippen molar-refractivity contribution in [2.75, 3.05) is 5.32 Å². The van der Waals surface area contributed by atoms with Gasteiger partial charge in [-0.2, -0.15) is 26.3 Å². The van der Waals surface area contributed by atoms with Crippen LogP contribution in [-0.2, 0) is 21.3 Å². The summed E-state index contributed by atoms with van der Waals surface area (Å²) in [7, 11) is 0. The molecule has 3 rings (SSSR count). The molecule has 3 heterocycles. The van der Waals surface area contributed by atoms with Gasteiger partial charge in [-0.25, -0.2) is 9.78 Å². The Morgan fingerprint density at radius 1 is 1.05 bits per heavy atom. The van der Waals surface area contributed by atoms with Gasteiger partial charge in [0.15, 0.2) is 11.5 Å². The predicted octanol–water partition coefficient (Wildman–Crippen LogP) is 4.96. The van der Waals surface area contributed by atoms with Gasteiger partial charge in [0.1, 0.15) is 17.1 Å². The van der Waals surface area contributed by atoms with Crippen LogP contribution in [-0.4, -0.2) is 49.7 Å². The molecule has 1 aliphatic rings. The zero-order chi connectivity index (χ0) is 28.7. The first-order valence-electron chi connectivity index (χ1n) is 11.1. The minimum atomic E-state index is -5.39. The van der Waals surface area contributed by atoms with E-state index in [1.807, 2.05) is 5.32 Å². The molecule has 0 saturated carbocycles. The third-order valence-corrected chi connectivity index (χ3v) is 5.30. The molecule has 0 fully saturated rings. The summed E-state index contributed by atoms with van der Waals surface area (Å²) in [6.45, 7) is 4.39. The third-order valence-electron chi connectivity index (χ3n) is 5.30. The lowest BCUT2D eigenvalue weighted by Gasteiger charge is -2.26. The number of aromatic nitrogens is 3. The highest BCUT2D eigenvalue weighted by molar-refractivity contribution is 5.98. The van der Waals surface area contributed by atoms with Crippen molar-refractivity contribution in [3.05, 3.63) is 23.2 Å². The highest BCUT2D eigenvalue weighted by Gasteiger charge is 2.59. The molecule has 0 aliphatic carbocycles. The Morgan fingerprint density at radius 2 is 1.71 bits per heavy atom. The smallest absolute Gasteiger partial charge is 0.426 e. The number of nitrogens with one attached hydrogen (secondary N) is 1. The number of ketones is 2. The van der Waals surface area contributed by atoms with Gasteiger partial charge in [-0.15, -0.1) is 10.2 Å². The van der Waals surface area contributed by atoms with Gasteiger partial charge in [-0.05, 0) is 33.3 Å². The molecule has 2 aromatic heterocycles. The maximum Gasteiger partial charge on any atom is 0.426 e. The third kappa shape index (κ3) is 6.28. The number of ether oxygens (including phenoxy) is 1. The Labute approximate surface area is 210 Å². The van der Waals surface area contributed by atoms with Crippen LogP contribution >= 0.6 is 0 Å². The van der Waals surface area contributed by atoms with Crippen molar-refractivity contribution in [1.82, 2.24) is 15.2 Å². The van der Waals surface area contributed by atoms with Gasteiger partial charge in [-0.1, -0.05) is 0 Å². The normalized spacial score (nSPS) is 19.6. The summed E-state index contributed by atoms with van der Waals surface area (Å²) >= 11 is 0. The number of nitrogens with zero attached hydrogens (tertiary/aromatic N) is 3. The van der Waals surface area contributed by atoms with Crippen molar-refractivity contribution in [1.29, 1.82) is 0 Å². The number of hydrogen-bond donors (Lipinski definition) is 2. The van der Waals surface area contributed by atoms with Crippen molar-refractivity contribution in [2.45, 2.75) is 76.4 Å². The number of amides is 1. The van der Waals surface area contributed by atoms with E-state index in [9.17, 15) is 45.8 Å². The molecule has 4 bridgehead atoms. The highest BCUT2D eigenvalue weighted by Crippen LogP contribution is 2.44. The average molecular weight is 552 g/mol. The van der Waals surface area contributed by atoms with Crippen LogP contribution in [0, 0.1) is 0 Å². The monoisotopic (exact) mass is 552 g/mol. The minimum absolute atomic E-state index is 0.285. The number of carbonyl (C=O) groups excluding carboxylic acids is 3. The number of rotatable bonds is 1. The Bertz CT molecular complexity index is 1250. The van der Waals surface area contributed by atoms with Crippen LogP contribution in [0.25, 0.3) is 11.6 Å². The standard InChI is InChI=1S/C22H22F6N4O6/c1-19(2,3)38-18(35)29-12-9-11(21(23,24)25)14-13(34)6-4-5-10(33)7-8-20(36,22(26,27)28)17-32-31-16(37-17)15(12)30-14/h9,36H,4-8H2,1-3H3,(H,29,35). The van der Waals surface area contributed by atoms with Crippen LogP contribution in [0.5, 0.6) is 0 Å². The number of carbonyl (C=O) groups is 3. The van der Waals surface area contributed by atoms with Gasteiger partial charge in [0.05, 0.1) is 11.3 Å². The summed E-state index contributed by atoms with van der Waals surface area (Å²) < 4.78 is 93.1. The average Bonchev–Trinajstić information content (AvgIpc) is 3.24. The SMILES string of the molecule is CC(C)(C)OC(=O)Nc1cc(C(F)(F)F)c2nc1-c1nnc(o1)C(O)(C(F)(F)F)CCC(=O)CCCC2=O. The fraction of sp³-hybridized carbons (Fsp3) is 0.545. The Hall–Kier alpha value is -3.56. The van der Waals surface area contributed by atoms with Crippen molar-refractivity contribution in [3.8, 4) is 11.6 Å². The van der Waals surface area contributed by atoms with E-state index in [0.717, 1.165) is 0 Å². The summed E-state index contributed by atoms with van der Waals surface area (Å²) in [5, 5.41) is 19.0. The molecule has 0 spiro atoms. The molecule has 0 aromatic carbocycles. The van der Waals surface area contributed by atoms with Gasteiger partial charge in [0.2, 0.25) is 5.60 Å². The first-order chi connectivity index (χ1) is 17.3. The molecule has 1 unspecified atom stereocenters. The van der Waals surface area contributed by atoms with Crippen LogP contribution in [0.4, 0.5) is 36.8 Å². The van der Waals surface area contributed by atoms with Crippen LogP contribution in [0.3, 0.4) is 0 Å². The van der Waals surface area contributed by atoms with Gasteiger partial charge in [-0.3, -0.25) is 14.9 Å². The topological polar surface area (TPSA) is 145 Å². The number of alkyl halides is 6. The van der Waals surface area contributed by atoms with Crippen LogP contribution in [0.15, 0.2) is 10.5 Å². The molecule has 1 amide bonds. The first-order valence-corrected chi connectivity index (χ1v) is 11.1. The van der Waals surface area contributed by atoms with Crippen LogP contribution in [0.1, 0.15) is 74.8 Å². The number of aliphatic hydroxyl groups is 1. The minimum Gasteiger partial charge on any atom is -0.444 e. The van der Waals surface area contributed by atoms with E-state index >= 15 is 0 Å². The Balaban J connectivity index is 2.27. The molecule has 0 saturated heterocycles. The zero-order valence-electron chi connectivity index (χ0n) is 20.2. The second-order valence-corrected chi connectivity index (χ2v) is 9.49. The fourth-order valence-electron chi connectivity index (χ4n) is 3.48. The number of anilines is 1. The second kappa shape index (κ2) is 9.96. The number of fused-ring (bicyclic) bond motifs is 5. The molecule has 208 valence electrons. The molecule has 10 nitrogen and oxygen atoms in total. The summed E-state index contributed by atoms with van der Waals surface area (Å²) in [6, 6.07) is 0.330.